The fraction of sp³-hybridized carbons (Fsp3) is 0.368. The van der Waals surface area contributed by atoms with Crippen molar-refractivity contribution in [3.8, 4) is 5.75 Å². The Morgan fingerprint density at radius 2 is 2.09 bits per heavy atom. The van der Waals surface area contributed by atoms with Gasteiger partial charge in [-0.15, -0.1) is 0 Å². The largest absolute Gasteiger partial charge is 0.492 e. The van der Waals surface area contributed by atoms with Gasteiger partial charge in [0.15, 0.2) is 0 Å². The third-order valence-corrected chi connectivity index (χ3v) is 4.83. The molecule has 2 aromatic rings. The molecule has 3 nitrogen and oxygen atoms in total. The van der Waals surface area contributed by atoms with Gasteiger partial charge in [-0.3, -0.25) is 0 Å². The van der Waals surface area contributed by atoms with Gasteiger partial charge in [0.05, 0.1) is 6.04 Å². The van der Waals surface area contributed by atoms with E-state index in [9.17, 15) is 0 Å². The second-order valence-electron chi connectivity index (χ2n) is 6.20. The smallest absolute Gasteiger partial charge is 0.119 e. The van der Waals surface area contributed by atoms with Gasteiger partial charge in [0.25, 0.3) is 0 Å². The van der Waals surface area contributed by atoms with Crippen molar-refractivity contribution in [3.63, 3.8) is 0 Å². The van der Waals surface area contributed by atoms with E-state index in [1.807, 2.05) is 0 Å². The van der Waals surface area contributed by atoms with E-state index in [1.54, 1.807) is 0 Å². The van der Waals surface area contributed by atoms with Crippen LogP contribution in [0.1, 0.15) is 22.7 Å². The zero-order chi connectivity index (χ0) is 16.2. The summed E-state index contributed by atoms with van der Waals surface area (Å²) in [7, 11) is 4.13. The molecule has 0 aliphatic carbocycles. The third kappa shape index (κ3) is 4.25. The highest BCUT2D eigenvalue weighted by molar-refractivity contribution is 14.1. The van der Waals surface area contributed by atoms with Gasteiger partial charge in [0, 0.05) is 16.7 Å². The highest BCUT2D eigenvalue weighted by atomic mass is 127. The maximum absolute atomic E-state index is 5.88. The molecule has 1 heterocycles. The molecular weight excluding hydrogens is 399 g/mol. The van der Waals surface area contributed by atoms with Crippen molar-refractivity contribution in [2.75, 3.05) is 33.8 Å². The fourth-order valence-corrected chi connectivity index (χ4v) is 3.53. The highest BCUT2D eigenvalue weighted by Gasteiger charge is 2.21. The van der Waals surface area contributed by atoms with E-state index in [-0.39, 0.29) is 6.04 Å². The van der Waals surface area contributed by atoms with E-state index >= 15 is 0 Å². The summed E-state index contributed by atoms with van der Waals surface area (Å²) in [5.41, 5.74) is 4.10. The first-order chi connectivity index (χ1) is 11.1. The lowest BCUT2D eigenvalue weighted by molar-refractivity contribution is 0.261. The van der Waals surface area contributed by atoms with Gasteiger partial charge in [-0.1, -0.05) is 18.2 Å². The Bertz CT molecular complexity index is 672. The second kappa shape index (κ2) is 7.64. The highest BCUT2D eigenvalue weighted by Crippen LogP contribution is 2.31. The van der Waals surface area contributed by atoms with Gasteiger partial charge in [-0.25, -0.2) is 0 Å². The van der Waals surface area contributed by atoms with Crippen LogP contribution in [-0.2, 0) is 6.42 Å². The van der Waals surface area contributed by atoms with Crippen molar-refractivity contribution in [3.05, 3.63) is 62.7 Å². The lowest BCUT2D eigenvalue weighted by Gasteiger charge is -2.28. The molecule has 0 radical (unpaired) electrons. The standard InChI is InChI=1S/C19H23IN2O/c1-22(2)10-11-23-17-6-7-18-14(13-17)8-9-21-19(18)15-4-3-5-16(20)12-15/h3-7,12-13,19,21H,8-11H2,1-2H3. The first-order valence-corrected chi connectivity index (χ1v) is 9.10. The Kier molecular flexibility index (Phi) is 5.56. The number of nitrogens with one attached hydrogen (secondary N) is 1. The van der Waals surface area contributed by atoms with E-state index in [0.717, 1.165) is 31.9 Å². The summed E-state index contributed by atoms with van der Waals surface area (Å²) < 4.78 is 7.16. The van der Waals surface area contributed by atoms with Crippen LogP contribution in [0.15, 0.2) is 42.5 Å². The molecule has 0 bridgehead atoms. The van der Waals surface area contributed by atoms with Crippen LogP contribution in [-0.4, -0.2) is 38.7 Å². The molecule has 0 saturated heterocycles. The lowest BCUT2D eigenvalue weighted by Crippen LogP contribution is -2.30. The number of nitrogens with zero attached hydrogens (tertiary/aromatic N) is 1. The summed E-state index contributed by atoms with van der Waals surface area (Å²) in [5.74, 6) is 0.980. The van der Waals surface area contributed by atoms with Crippen molar-refractivity contribution in [2.24, 2.45) is 0 Å². The number of rotatable bonds is 5. The van der Waals surface area contributed by atoms with Crippen LogP contribution in [0.25, 0.3) is 0 Å². The average molecular weight is 422 g/mol. The number of halogens is 1. The van der Waals surface area contributed by atoms with E-state index < -0.39 is 0 Å². The molecule has 2 aromatic carbocycles. The molecule has 1 atom stereocenters. The van der Waals surface area contributed by atoms with Gasteiger partial charge in [-0.05, 0) is 84.1 Å². The average Bonchev–Trinajstić information content (AvgIpc) is 2.54. The Morgan fingerprint density at radius 1 is 1.22 bits per heavy atom. The van der Waals surface area contributed by atoms with Crippen LogP contribution in [0, 0.1) is 3.57 Å². The molecule has 1 N–H and O–H groups in total. The quantitative estimate of drug-likeness (QED) is 0.748. The molecule has 23 heavy (non-hydrogen) atoms. The summed E-state index contributed by atoms with van der Waals surface area (Å²) in [5, 5.41) is 3.65. The molecule has 0 spiro atoms. The summed E-state index contributed by atoms with van der Waals surface area (Å²) in [6, 6.07) is 15.5. The van der Waals surface area contributed by atoms with Gasteiger partial charge < -0.3 is 15.0 Å². The van der Waals surface area contributed by atoms with Crippen molar-refractivity contribution >= 4 is 22.6 Å². The van der Waals surface area contributed by atoms with Crippen LogP contribution < -0.4 is 10.1 Å². The minimum atomic E-state index is 0.282. The molecule has 1 aliphatic heterocycles. The predicted molar refractivity (Wildman–Crippen MR) is 103 cm³/mol. The second-order valence-corrected chi connectivity index (χ2v) is 7.45. The SMILES string of the molecule is CN(C)CCOc1ccc2c(c1)CCNC2c1cccc(I)c1. The molecule has 0 amide bonds. The summed E-state index contributed by atoms with van der Waals surface area (Å²) in [4.78, 5) is 2.13. The Labute approximate surface area is 152 Å². The molecule has 4 heteroatoms. The van der Waals surface area contributed by atoms with Crippen LogP contribution in [0.5, 0.6) is 5.75 Å². The number of ether oxygens (including phenoxy) is 1. The van der Waals surface area contributed by atoms with Crippen LogP contribution in [0.3, 0.4) is 0 Å². The number of likely N-dealkylation sites (N-methyl/N-ethyl adjacent to an activating group) is 1. The first-order valence-electron chi connectivity index (χ1n) is 8.02. The molecule has 0 aromatic heterocycles. The van der Waals surface area contributed by atoms with Crippen LogP contribution in [0.4, 0.5) is 0 Å². The molecule has 0 fully saturated rings. The molecule has 122 valence electrons. The first kappa shape index (κ1) is 16.7. The summed E-state index contributed by atoms with van der Waals surface area (Å²) >= 11 is 2.38. The number of hydrogen-bond acceptors (Lipinski definition) is 3. The molecule has 1 unspecified atom stereocenters. The van der Waals surface area contributed by atoms with Crippen molar-refractivity contribution in [1.82, 2.24) is 10.2 Å². The van der Waals surface area contributed by atoms with Crippen molar-refractivity contribution in [2.45, 2.75) is 12.5 Å². The van der Waals surface area contributed by atoms with E-state index in [4.69, 9.17) is 4.74 Å². The van der Waals surface area contributed by atoms with Crippen LogP contribution in [0.2, 0.25) is 0 Å². The number of hydrogen-bond donors (Lipinski definition) is 1. The van der Waals surface area contributed by atoms with Crippen molar-refractivity contribution < 1.29 is 4.74 Å². The zero-order valence-electron chi connectivity index (χ0n) is 13.7. The Hall–Kier alpha value is -1.11. The normalized spacial score (nSPS) is 17.1. The topological polar surface area (TPSA) is 24.5 Å². The Morgan fingerprint density at radius 3 is 2.87 bits per heavy atom. The number of fused-ring (bicyclic) bond motifs is 1. The van der Waals surface area contributed by atoms with Gasteiger partial charge in [0.2, 0.25) is 0 Å². The third-order valence-electron chi connectivity index (χ3n) is 4.16. The van der Waals surface area contributed by atoms with Crippen molar-refractivity contribution in [1.29, 1.82) is 0 Å². The maximum atomic E-state index is 5.88. The Balaban J connectivity index is 1.80. The summed E-state index contributed by atoms with van der Waals surface area (Å²) in [6.45, 7) is 2.67. The zero-order valence-corrected chi connectivity index (χ0v) is 15.8. The minimum absolute atomic E-state index is 0.282. The monoisotopic (exact) mass is 422 g/mol. The number of benzene rings is 2. The molecular formula is C19H23IN2O. The van der Waals surface area contributed by atoms with Gasteiger partial charge in [0.1, 0.15) is 12.4 Å². The minimum Gasteiger partial charge on any atom is -0.492 e. The molecule has 3 rings (SSSR count). The van der Waals surface area contributed by atoms with Gasteiger partial charge in [-0.2, -0.15) is 0 Å². The summed E-state index contributed by atoms with van der Waals surface area (Å²) in [6.07, 6.45) is 1.06. The molecule has 0 saturated carbocycles. The van der Waals surface area contributed by atoms with E-state index in [2.05, 4.69) is 89.4 Å². The maximum Gasteiger partial charge on any atom is 0.119 e. The lowest BCUT2D eigenvalue weighted by atomic mass is 9.90. The molecule has 1 aliphatic rings. The van der Waals surface area contributed by atoms with Crippen LogP contribution >= 0.6 is 22.6 Å². The van der Waals surface area contributed by atoms with Gasteiger partial charge >= 0.3 is 0 Å². The fourth-order valence-electron chi connectivity index (χ4n) is 2.96. The van der Waals surface area contributed by atoms with E-state index in [1.165, 1.54) is 20.3 Å². The predicted octanol–water partition coefficient (Wildman–Crippen LogP) is 3.47. The van der Waals surface area contributed by atoms with E-state index in [0.29, 0.717) is 0 Å².